The largest absolute Gasteiger partial charge is 0.494 e. The van der Waals surface area contributed by atoms with Crippen LogP contribution in [0.3, 0.4) is 0 Å². The molecule has 0 bridgehead atoms. The van der Waals surface area contributed by atoms with Crippen molar-refractivity contribution in [2.45, 2.75) is 31.7 Å². The van der Waals surface area contributed by atoms with Gasteiger partial charge in [-0.25, -0.2) is 13.4 Å². The number of hydrogen-bond acceptors (Lipinski definition) is 5. The molecule has 1 amide bonds. The highest BCUT2D eigenvalue weighted by Crippen LogP contribution is 2.27. The van der Waals surface area contributed by atoms with Gasteiger partial charge in [-0.1, -0.05) is 48.0 Å². The molecular formula is C28H29ClN4O4S. The molecule has 10 heteroatoms. The maximum Gasteiger partial charge on any atom is 0.243 e. The number of nitrogens with one attached hydrogen (secondary N) is 1. The van der Waals surface area contributed by atoms with Gasteiger partial charge >= 0.3 is 0 Å². The summed E-state index contributed by atoms with van der Waals surface area (Å²) < 4.78 is 35.2. The first-order valence-corrected chi connectivity index (χ1v) is 14.0. The van der Waals surface area contributed by atoms with E-state index in [4.69, 9.17) is 16.3 Å². The summed E-state index contributed by atoms with van der Waals surface area (Å²) in [6.07, 6.45) is 1.82. The van der Waals surface area contributed by atoms with Gasteiger partial charge in [0.15, 0.2) is 0 Å². The summed E-state index contributed by atoms with van der Waals surface area (Å²) in [5.74, 6) is 0.413. The highest BCUT2D eigenvalue weighted by Gasteiger charge is 2.29. The molecule has 0 spiro atoms. The van der Waals surface area contributed by atoms with Crippen molar-refractivity contribution >= 4 is 33.5 Å². The second kappa shape index (κ2) is 11.8. The van der Waals surface area contributed by atoms with Crippen molar-refractivity contribution in [2.75, 3.05) is 18.5 Å². The quantitative estimate of drug-likeness (QED) is 0.275. The molecule has 3 aromatic carbocycles. The summed E-state index contributed by atoms with van der Waals surface area (Å²) in [6, 6.07) is 22.4. The van der Waals surface area contributed by atoms with Gasteiger partial charge in [0.2, 0.25) is 21.9 Å². The number of anilines is 1. The lowest BCUT2D eigenvalue weighted by atomic mass is 10.2. The Morgan fingerprint density at radius 2 is 1.76 bits per heavy atom. The van der Waals surface area contributed by atoms with Gasteiger partial charge in [0, 0.05) is 28.9 Å². The summed E-state index contributed by atoms with van der Waals surface area (Å²) in [4.78, 5) is 18.0. The third-order valence-electron chi connectivity index (χ3n) is 5.73. The van der Waals surface area contributed by atoms with Crippen molar-refractivity contribution in [3.05, 3.63) is 90.1 Å². The average molecular weight is 553 g/mol. The predicted molar refractivity (Wildman–Crippen MR) is 149 cm³/mol. The van der Waals surface area contributed by atoms with Gasteiger partial charge in [0.1, 0.15) is 5.75 Å². The summed E-state index contributed by atoms with van der Waals surface area (Å²) in [6.45, 7) is 5.46. The molecule has 1 heterocycles. The zero-order valence-corrected chi connectivity index (χ0v) is 22.9. The number of rotatable bonds is 10. The van der Waals surface area contributed by atoms with Gasteiger partial charge in [-0.2, -0.15) is 4.31 Å². The first-order valence-electron chi connectivity index (χ1n) is 12.1. The van der Waals surface area contributed by atoms with E-state index in [0.717, 1.165) is 15.6 Å². The number of carbonyl (C=O) groups excluding carboxylic acids is 1. The van der Waals surface area contributed by atoms with Crippen LogP contribution >= 0.6 is 11.6 Å². The van der Waals surface area contributed by atoms with E-state index in [9.17, 15) is 13.2 Å². The van der Waals surface area contributed by atoms with Crippen LogP contribution in [0.2, 0.25) is 5.02 Å². The van der Waals surface area contributed by atoms with Crippen LogP contribution in [0.15, 0.2) is 90.0 Å². The minimum Gasteiger partial charge on any atom is -0.494 e. The van der Waals surface area contributed by atoms with Crippen LogP contribution in [0.25, 0.3) is 16.9 Å². The van der Waals surface area contributed by atoms with Crippen molar-refractivity contribution in [3.8, 4) is 22.7 Å². The Morgan fingerprint density at radius 1 is 1.05 bits per heavy atom. The lowest BCUT2D eigenvalue weighted by Crippen LogP contribution is -2.42. The molecular weight excluding hydrogens is 524 g/mol. The third-order valence-corrected chi connectivity index (χ3v) is 8.02. The molecule has 0 saturated heterocycles. The fraction of sp³-hybridized carbons (Fsp3) is 0.214. The molecule has 0 fully saturated rings. The molecule has 0 saturated carbocycles. The summed E-state index contributed by atoms with van der Waals surface area (Å²) in [5, 5.41) is 3.24. The fourth-order valence-corrected chi connectivity index (χ4v) is 5.61. The number of hydrogen-bond donors (Lipinski definition) is 1. The van der Waals surface area contributed by atoms with E-state index in [1.807, 2.05) is 67.7 Å². The summed E-state index contributed by atoms with van der Waals surface area (Å²) >= 11 is 5.93. The van der Waals surface area contributed by atoms with Gasteiger partial charge in [-0.05, 0) is 57.2 Å². The molecule has 4 aromatic rings. The van der Waals surface area contributed by atoms with Crippen LogP contribution in [-0.2, 0) is 14.8 Å². The van der Waals surface area contributed by atoms with Crippen LogP contribution in [0.5, 0.6) is 5.75 Å². The standard InChI is InChI=1S/C28H29ClN4O4S/c1-4-37-24-12-8-11-23(17-24)32-18-26(21-9-6-5-7-10-21)30-28(32)31-27(34)19-33(20(2)3)38(35,36)25-15-13-22(29)14-16-25/h5-18,20H,4,19H2,1-3H3,(H,30,31,34). The smallest absolute Gasteiger partial charge is 0.243 e. The van der Waals surface area contributed by atoms with Crippen LogP contribution in [-0.4, -0.2) is 47.4 Å². The Labute approximate surface area is 227 Å². The zero-order chi connectivity index (χ0) is 27.3. The first kappa shape index (κ1) is 27.4. The van der Waals surface area contributed by atoms with Gasteiger partial charge in [-0.3, -0.25) is 14.7 Å². The molecule has 38 heavy (non-hydrogen) atoms. The Bertz CT molecular complexity index is 1500. The van der Waals surface area contributed by atoms with Crippen molar-refractivity contribution in [3.63, 3.8) is 0 Å². The van der Waals surface area contributed by atoms with Gasteiger partial charge in [0.25, 0.3) is 0 Å². The topological polar surface area (TPSA) is 93.5 Å². The molecule has 0 aliphatic carbocycles. The Hall–Kier alpha value is -3.66. The van der Waals surface area contributed by atoms with Crippen molar-refractivity contribution < 1.29 is 17.9 Å². The second-order valence-corrected chi connectivity index (χ2v) is 11.1. The Balaban J connectivity index is 1.66. The normalized spacial score (nSPS) is 11.6. The number of ether oxygens (including phenoxy) is 1. The second-order valence-electron chi connectivity index (χ2n) is 8.76. The average Bonchev–Trinajstić information content (AvgIpc) is 3.32. The molecule has 8 nitrogen and oxygen atoms in total. The Morgan fingerprint density at radius 3 is 2.42 bits per heavy atom. The summed E-state index contributed by atoms with van der Waals surface area (Å²) in [7, 11) is -3.95. The third kappa shape index (κ3) is 6.24. The van der Waals surface area contributed by atoms with Crippen LogP contribution in [0, 0.1) is 0 Å². The van der Waals surface area contributed by atoms with Crippen molar-refractivity contribution in [2.24, 2.45) is 0 Å². The monoisotopic (exact) mass is 552 g/mol. The molecule has 0 radical (unpaired) electrons. The van der Waals surface area contributed by atoms with Crippen molar-refractivity contribution in [1.29, 1.82) is 0 Å². The van der Waals surface area contributed by atoms with E-state index in [1.165, 1.54) is 24.3 Å². The zero-order valence-electron chi connectivity index (χ0n) is 21.3. The molecule has 198 valence electrons. The molecule has 0 aliphatic heterocycles. The van der Waals surface area contributed by atoms with Crippen LogP contribution in [0.4, 0.5) is 5.95 Å². The predicted octanol–water partition coefficient (Wildman–Crippen LogP) is 5.63. The van der Waals surface area contributed by atoms with E-state index in [2.05, 4.69) is 10.3 Å². The molecule has 1 N–H and O–H groups in total. The SMILES string of the molecule is CCOc1cccc(-n2cc(-c3ccccc3)nc2NC(=O)CN(C(C)C)S(=O)(=O)c2ccc(Cl)cc2)c1. The van der Waals surface area contributed by atoms with Gasteiger partial charge in [-0.15, -0.1) is 0 Å². The minimum absolute atomic E-state index is 0.0593. The number of nitrogens with zero attached hydrogens (tertiary/aromatic N) is 3. The summed E-state index contributed by atoms with van der Waals surface area (Å²) in [5.41, 5.74) is 2.25. The minimum atomic E-state index is -3.95. The van der Waals surface area contributed by atoms with Gasteiger partial charge < -0.3 is 4.74 Å². The van der Waals surface area contributed by atoms with E-state index in [-0.39, 0.29) is 10.8 Å². The number of sulfonamides is 1. The number of halogens is 1. The molecule has 0 unspecified atom stereocenters. The number of carbonyl (C=O) groups is 1. The van der Waals surface area contributed by atoms with Gasteiger partial charge in [0.05, 0.1) is 29.4 Å². The number of aromatic nitrogens is 2. The fourth-order valence-electron chi connectivity index (χ4n) is 3.90. The Kier molecular flexibility index (Phi) is 8.51. The van der Waals surface area contributed by atoms with E-state index in [1.54, 1.807) is 18.4 Å². The maximum absolute atomic E-state index is 13.3. The molecule has 4 rings (SSSR count). The molecule has 1 aromatic heterocycles. The highest BCUT2D eigenvalue weighted by atomic mass is 35.5. The van der Waals surface area contributed by atoms with E-state index >= 15 is 0 Å². The number of amides is 1. The lowest BCUT2D eigenvalue weighted by molar-refractivity contribution is -0.116. The van der Waals surface area contributed by atoms with Crippen LogP contribution in [0.1, 0.15) is 20.8 Å². The van der Waals surface area contributed by atoms with Crippen LogP contribution < -0.4 is 10.1 Å². The molecule has 0 aliphatic rings. The first-order chi connectivity index (χ1) is 18.2. The van der Waals surface area contributed by atoms with Crippen molar-refractivity contribution in [1.82, 2.24) is 13.9 Å². The highest BCUT2D eigenvalue weighted by molar-refractivity contribution is 7.89. The number of benzene rings is 3. The van der Waals surface area contributed by atoms with E-state index < -0.39 is 28.5 Å². The lowest BCUT2D eigenvalue weighted by Gasteiger charge is -2.25. The number of imidazole rings is 1. The molecule has 0 atom stereocenters. The van der Waals surface area contributed by atoms with E-state index in [0.29, 0.717) is 23.1 Å². The maximum atomic E-state index is 13.3.